The average Bonchev–Trinajstić information content (AvgIpc) is 2.55. The summed E-state index contributed by atoms with van der Waals surface area (Å²) in [5, 5.41) is 9.47. The fourth-order valence-corrected chi connectivity index (χ4v) is 2.40. The van der Waals surface area contributed by atoms with Crippen LogP contribution in [0.5, 0.6) is 5.75 Å². The zero-order valence-corrected chi connectivity index (χ0v) is 12.2. The summed E-state index contributed by atoms with van der Waals surface area (Å²) in [6, 6.07) is 16.7. The smallest absolute Gasteiger partial charge is 0.184 e. The monoisotopic (exact) mass is 279 g/mol. The summed E-state index contributed by atoms with van der Waals surface area (Å²) in [7, 11) is 1.54. The lowest BCUT2D eigenvalue weighted by Crippen LogP contribution is -2.14. The quantitative estimate of drug-likeness (QED) is 0.783. The molecule has 2 rings (SSSR count). The van der Waals surface area contributed by atoms with Crippen LogP contribution in [0.15, 0.2) is 48.5 Å². The molecule has 21 heavy (non-hydrogen) atoms. The highest BCUT2D eigenvalue weighted by Gasteiger charge is 2.25. The summed E-state index contributed by atoms with van der Waals surface area (Å²) in [5.41, 5.74) is 2.17. The van der Waals surface area contributed by atoms with Gasteiger partial charge in [0.25, 0.3) is 0 Å². The molecule has 106 valence electrons. The third-order valence-corrected chi connectivity index (χ3v) is 3.50. The number of Topliss-reactive ketones (excluding diaryl/α,β-unsaturated/α-hetero) is 1. The van der Waals surface area contributed by atoms with E-state index in [0.717, 1.165) is 12.0 Å². The van der Waals surface area contributed by atoms with Crippen molar-refractivity contribution in [3.05, 3.63) is 65.2 Å². The highest BCUT2D eigenvalue weighted by molar-refractivity contribution is 6.04. The van der Waals surface area contributed by atoms with Gasteiger partial charge in [0.15, 0.2) is 5.78 Å². The molecular formula is C18H17NO2. The van der Waals surface area contributed by atoms with Crippen LogP contribution in [0.3, 0.4) is 0 Å². The first-order chi connectivity index (χ1) is 10.2. The van der Waals surface area contributed by atoms with Gasteiger partial charge in [0, 0.05) is 11.1 Å². The Labute approximate surface area is 124 Å². The summed E-state index contributed by atoms with van der Waals surface area (Å²) < 4.78 is 5.27. The number of ketones is 1. The molecule has 1 atom stereocenters. The Morgan fingerprint density at radius 3 is 2.52 bits per heavy atom. The largest absolute Gasteiger partial charge is 0.496 e. The number of hydrogen-bond acceptors (Lipinski definition) is 3. The van der Waals surface area contributed by atoms with Gasteiger partial charge < -0.3 is 4.74 Å². The average molecular weight is 279 g/mol. The standard InChI is InChI=1S/C18H17NO2/c1-3-13-8-4-5-9-14(13)18(20)16(12-19)15-10-6-7-11-17(15)21-2/h4-11,16H,3H2,1-2H3. The van der Waals surface area contributed by atoms with Crippen molar-refractivity contribution in [2.75, 3.05) is 7.11 Å². The fourth-order valence-electron chi connectivity index (χ4n) is 2.40. The molecule has 0 aliphatic carbocycles. The van der Waals surface area contributed by atoms with E-state index < -0.39 is 5.92 Å². The topological polar surface area (TPSA) is 50.1 Å². The van der Waals surface area contributed by atoms with E-state index in [2.05, 4.69) is 6.07 Å². The van der Waals surface area contributed by atoms with Crippen molar-refractivity contribution in [2.45, 2.75) is 19.3 Å². The summed E-state index contributed by atoms with van der Waals surface area (Å²) >= 11 is 0. The van der Waals surface area contributed by atoms with Crippen LogP contribution < -0.4 is 4.74 Å². The van der Waals surface area contributed by atoms with Crippen LogP contribution in [0.2, 0.25) is 0 Å². The predicted octanol–water partition coefficient (Wildman–Crippen LogP) is 3.75. The van der Waals surface area contributed by atoms with Crippen molar-refractivity contribution in [3.63, 3.8) is 0 Å². The van der Waals surface area contributed by atoms with Gasteiger partial charge in [-0.05, 0) is 18.1 Å². The SMILES string of the molecule is CCc1ccccc1C(=O)C(C#N)c1ccccc1OC. The molecule has 0 spiro atoms. The Balaban J connectivity index is 2.47. The van der Waals surface area contributed by atoms with E-state index >= 15 is 0 Å². The number of nitrogens with zero attached hydrogens (tertiary/aromatic N) is 1. The van der Waals surface area contributed by atoms with Crippen LogP contribution >= 0.6 is 0 Å². The second kappa shape index (κ2) is 6.71. The van der Waals surface area contributed by atoms with Gasteiger partial charge >= 0.3 is 0 Å². The molecule has 0 aliphatic heterocycles. The number of carbonyl (C=O) groups excluding carboxylic acids is 1. The number of benzene rings is 2. The maximum absolute atomic E-state index is 12.7. The molecule has 3 heteroatoms. The second-order valence-electron chi connectivity index (χ2n) is 4.68. The highest BCUT2D eigenvalue weighted by Crippen LogP contribution is 2.29. The van der Waals surface area contributed by atoms with Gasteiger partial charge in [0.2, 0.25) is 0 Å². The molecule has 3 nitrogen and oxygen atoms in total. The Hall–Kier alpha value is -2.60. The molecule has 1 unspecified atom stereocenters. The normalized spacial score (nSPS) is 11.5. The number of rotatable bonds is 5. The van der Waals surface area contributed by atoms with E-state index in [9.17, 15) is 10.1 Å². The molecule has 0 saturated carbocycles. The summed E-state index contributed by atoms with van der Waals surface area (Å²) in [6.45, 7) is 2.00. The van der Waals surface area contributed by atoms with E-state index in [1.54, 1.807) is 24.3 Å². The number of aryl methyl sites for hydroxylation is 1. The molecule has 0 aliphatic rings. The Morgan fingerprint density at radius 2 is 1.86 bits per heavy atom. The molecule has 2 aromatic carbocycles. The van der Waals surface area contributed by atoms with Crippen molar-refractivity contribution in [2.24, 2.45) is 0 Å². The van der Waals surface area contributed by atoms with Gasteiger partial charge in [-0.15, -0.1) is 0 Å². The molecule has 0 bridgehead atoms. The predicted molar refractivity (Wildman–Crippen MR) is 81.5 cm³/mol. The Morgan fingerprint density at radius 1 is 1.19 bits per heavy atom. The number of carbonyl (C=O) groups is 1. The van der Waals surface area contributed by atoms with Crippen LogP contribution in [0.1, 0.15) is 34.3 Å². The van der Waals surface area contributed by atoms with E-state index in [0.29, 0.717) is 16.9 Å². The number of para-hydroxylation sites is 1. The van der Waals surface area contributed by atoms with Crippen LogP contribution in [0, 0.1) is 11.3 Å². The zero-order valence-electron chi connectivity index (χ0n) is 12.2. The van der Waals surface area contributed by atoms with E-state index in [4.69, 9.17) is 4.74 Å². The second-order valence-corrected chi connectivity index (χ2v) is 4.68. The minimum atomic E-state index is -0.853. The van der Waals surface area contributed by atoms with Gasteiger partial charge in [0.05, 0.1) is 13.2 Å². The van der Waals surface area contributed by atoms with Gasteiger partial charge in [-0.1, -0.05) is 49.4 Å². The lowest BCUT2D eigenvalue weighted by Gasteiger charge is -2.14. The number of hydrogen-bond donors (Lipinski definition) is 0. The van der Waals surface area contributed by atoms with Gasteiger partial charge in [-0.2, -0.15) is 5.26 Å². The van der Waals surface area contributed by atoms with E-state index in [1.807, 2.05) is 31.2 Å². The lowest BCUT2D eigenvalue weighted by molar-refractivity contribution is 0.0977. The molecule has 0 saturated heterocycles. The molecule has 2 aromatic rings. The molecular weight excluding hydrogens is 262 g/mol. The van der Waals surface area contributed by atoms with E-state index in [1.165, 1.54) is 7.11 Å². The summed E-state index contributed by atoms with van der Waals surface area (Å²) in [6.07, 6.45) is 0.756. The van der Waals surface area contributed by atoms with E-state index in [-0.39, 0.29) is 5.78 Å². The molecule has 0 heterocycles. The van der Waals surface area contributed by atoms with Crippen molar-refractivity contribution < 1.29 is 9.53 Å². The third kappa shape index (κ3) is 2.95. The molecule has 0 fully saturated rings. The van der Waals surface area contributed by atoms with Crippen LogP contribution in [-0.2, 0) is 6.42 Å². The van der Waals surface area contributed by atoms with Crippen molar-refractivity contribution in [1.29, 1.82) is 5.26 Å². The highest BCUT2D eigenvalue weighted by atomic mass is 16.5. The Kier molecular flexibility index (Phi) is 4.73. The van der Waals surface area contributed by atoms with Crippen LogP contribution in [0.25, 0.3) is 0 Å². The molecule has 0 radical (unpaired) electrons. The number of ether oxygens (including phenoxy) is 1. The summed E-state index contributed by atoms with van der Waals surface area (Å²) in [4.78, 5) is 12.7. The number of methoxy groups -OCH3 is 1. The first-order valence-electron chi connectivity index (χ1n) is 6.87. The summed E-state index contributed by atoms with van der Waals surface area (Å²) in [5.74, 6) is -0.473. The van der Waals surface area contributed by atoms with Crippen molar-refractivity contribution in [1.82, 2.24) is 0 Å². The third-order valence-electron chi connectivity index (χ3n) is 3.50. The van der Waals surface area contributed by atoms with Crippen molar-refractivity contribution >= 4 is 5.78 Å². The maximum Gasteiger partial charge on any atom is 0.184 e. The lowest BCUT2D eigenvalue weighted by atomic mass is 9.88. The van der Waals surface area contributed by atoms with Crippen LogP contribution in [0.4, 0.5) is 0 Å². The van der Waals surface area contributed by atoms with Crippen LogP contribution in [-0.4, -0.2) is 12.9 Å². The molecule has 0 amide bonds. The minimum absolute atomic E-state index is 0.181. The maximum atomic E-state index is 12.7. The molecule has 0 N–H and O–H groups in total. The first kappa shape index (κ1) is 14.8. The van der Waals surface area contributed by atoms with Gasteiger partial charge in [-0.25, -0.2) is 0 Å². The van der Waals surface area contributed by atoms with Crippen molar-refractivity contribution in [3.8, 4) is 11.8 Å². The Bertz CT molecular complexity index is 686. The fraction of sp³-hybridized carbons (Fsp3) is 0.222. The zero-order chi connectivity index (χ0) is 15.2. The van der Waals surface area contributed by atoms with Gasteiger partial charge in [0.1, 0.15) is 11.7 Å². The molecule has 0 aromatic heterocycles. The van der Waals surface area contributed by atoms with Gasteiger partial charge in [-0.3, -0.25) is 4.79 Å². The minimum Gasteiger partial charge on any atom is -0.496 e. The first-order valence-corrected chi connectivity index (χ1v) is 6.87. The number of nitriles is 1.